The molecule has 9 heteroatoms. The van der Waals surface area contributed by atoms with Crippen LogP contribution in [0.2, 0.25) is 5.02 Å². The molecule has 31 heavy (non-hydrogen) atoms. The average molecular weight is 478 g/mol. The first-order chi connectivity index (χ1) is 14.9. The summed E-state index contributed by atoms with van der Waals surface area (Å²) in [6, 6.07) is 15.7. The van der Waals surface area contributed by atoms with Gasteiger partial charge in [0, 0.05) is 29.8 Å². The van der Waals surface area contributed by atoms with Gasteiger partial charge in [0.15, 0.2) is 5.17 Å². The summed E-state index contributed by atoms with van der Waals surface area (Å²) in [6.45, 7) is 2.66. The summed E-state index contributed by atoms with van der Waals surface area (Å²) in [5.41, 5.74) is 0.731. The van der Waals surface area contributed by atoms with Crippen LogP contribution in [0.4, 0.5) is 5.69 Å². The molecule has 2 aromatic rings. The van der Waals surface area contributed by atoms with Gasteiger partial charge in [-0.3, -0.25) is 14.7 Å². The number of hydrogen-bond acceptors (Lipinski definition) is 5. The van der Waals surface area contributed by atoms with Crippen LogP contribution < -0.4 is 4.90 Å². The van der Waals surface area contributed by atoms with Crippen molar-refractivity contribution in [2.75, 3.05) is 23.7 Å². The fraction of sp³-hybridized carbons (Fsp3) is 0.364. The van der Waals surface area contributed by atoms with Gasteiger partial charge in [-0.05, 0) is 56.2 Å². The fourth-order valence-electron chi connectivity index (χ4n) is 3.77. The number of aliphatic imine (C=N–C) groups is 1. The molecule has 0 aliphatic carbocycles. The number of nitrogens with zero attached hydrogens (tertiary/aromatic N) is 3. The van der Waals surface area contributed by atoms with Crippen molar-refractivity contribution in [2.24, 2.45) is 10.9 Å². The lowest BCUT2D eigenvalue weighted by molar-refractivity contribution is -0.122. The smallest absolute Gasteiger partial charge is 0.243 e. The lowest BCUT2D eigenvalue weighted by Crippen LogP contribution is -2.45. The first-order valence-electron chi connectivity index (χ1n) is 10.2. The Kier molecular flexibility index (Phi) is 6.71. The van der Waals surface area contributed by atoms with Crippen molar-refractivity contribution in [3.05, 3.63) is 59.6 Å². The number of anilines is 1. The Hall–Kier alpha value is -1.87. The zero-order chi connectivity index (χ0) is 22.0. The van der Waals surface area contributed by atoms with Gasteiger partial charge in [0.25, 0.3) is 0 Å². The van der Waals surface area contributed by atoms with E-state index in [2.05, 4.69) is 4.99 Å². The lowest BCUT2D eigenvalue weighted by Gasteiger charge is -2.33. The van der Waals surface area contributed by atoms with Crippen molar-refractivity contribution in [1.29, 1.82) is 0 Å². The highest BCUT2D eigenvalue weighted by Crippen LogP contribution is 2.31. The van der Waals surface area contributed by atoms with Gasteiger partial charge in [-0.2, -0.15) is 4.31 Å². The molecule has 2 heterocycles. The zero-order valence-electron chi connectivity index (χ0n) is 17.1. The molecule has 1 atom stereocenters. The first-order valence-corrected chi connectivity index (χ1v) is 13.0. The highest BCUT2D eigenvalue weighted by molar-refractivity contribution is 8.14. The molecule has 164 valence electrons. The minimum absolute atomic E-state index is 0.0422. The van der Waals surface area contributed by atoms with Gasteiger partial charge in [-0.1, -0.05) is 41.6 Å². The van der Waals surface area contributed by atoms with E-state index in [0.717, 1.165) is 11.4 Å². The summed E-state index contributed by atoms with van der Waals surface area (Å²) in [5.74, 6) is 0.525. The third kappa shape index (κ3) is 4.82. The Morgan fingerprint density at radius 3 is 2.32 bits per heavy atom. The molecule has 2 aliphatic rings. The van der Waals surface area contributed by atoms with Gasteiger partial charge < -0.3 is 0 Å². The summed E-state index contributed by atoms with van der Waals surface area (Å²) < 4.78 is 27.3. The molecule has 0 spiro atoms. The maximum atomic E-state index is 13.5. The van der Waals surface area contributed by atoms with Crippen molar-refractivity contribution in [2.45, 2.75) is 30.7 Å². The third-order valence-corrected chi connectivity index (χ3v) is 8.83. The number of carbonyl (C=O) groups is 1. The maximum absolute atomic E-state index is 13.5. The number of amides is 1. The van der Waals surface area contributed by atoms with Gasteiger partial charge in [-0.15, -0.1) is 0 Å². The van der Waals surface area contributed by atoms with E-state index in [1.54, 1.807) is 59.1 Å². The van der Waals surface area contributed by atoms with Crippen LogP contribution in [0.15, 0.2) is 64.5 Å². The molecular formula is C22H24ClN3O3S2. The molecule has 1 saturated heterocycles. The molecule has 0 unspecified atom stereocenters. The standard InChI is InChI=1S/C22H24ClN3O3S2/c1-16-15-30-22(24-16)26(19-9-7-18(23)8-10-19)21(27)17-11-13-25(14-12-17)31(28,29)20-5-3-2-4-6-20/h2-10,16-17H,11-15H2,1H3/t16-/m0/s1. The molecule has 0 bridgehead atoms. The molecule has 2 aliphatic heterocycles. The average Bonchev–Trinajstić information content (AvgIpc) is 3.21. The number of piperidine rings is 1. The van der Waals surface area contributed by atoms with Gasteiger partial charge in [0.1, 0.15) is 0 Å². The van der Waals surface area contributed by atoms with Crippen LogP contribution >= 0.6 is 23.4 Å². The number of halogens is 1. The van der Waals surface area contributed by atoms with Gasteiger partial charge in [-0.25, -0.2) is 8.42 Å². The van der Waals surface area contributed by atoms with Gasteiger partial charge in [0.2, 0.25) is 15.9 Å². The number of thioether (sulfide) groups is 1. The predicted molar refractivity (Wildman–Crippen MR) is 126 cm³/mol. The number of benzene rings is 2. The van der Waals surface area contributed by atoms with Crippen LogP contribution in [0.1, 0.15) is 19.8 Å². The van der Waals surface area contributed by atoms with E-state index >= 15 is 0 Å². The van der Waals surface area contributed by atoms with Crippen molar-refractivity contribution in [3.8, 4) is 0 Å². The van der Waals surface area contributed by atoms with Crippen molar-refractivity contribution in [3.63, 3.8) is 0 Å². The van der Waals surface area contributed by atoms with E-state index in [-0.39, 0.29) is 22.8 Å². The van der Waals surface area contributed by atoms with Crippen LogP contribution in [0.3, 0.4) is 0 Å². The third-order valence-electron chi connectivity index (χ3n) is 5.47. The van der Waals surface area contributed by atoms with E-state index in [9.17, 15) is 13.2 Å². The number of sulfonamides is 1. The van der Waals surface area contributed by atoms with Crippen LogP contribution in [0, 0.1) is 5.92 Å². The quantitative estimate of drug-likeness (QED) is 0.659. The Morgan fingerprint density at radius 2 is 1.74 bits per heavy atom. The summed E-state index contributed by atoms with van der Waals surface area (Å²) in [4.78, 5) is 20.1. The van der Waals surface area contributed by atoms with E-state index in [1.807, 2.05) is 19.1 Å². The molecular weight excluding hydrogens is 454 g/mol. The van der Waals surface area contributed by atoms with Crippen molar-refractivity contribution >= 4 is 50.1 Å². The van der Waals surface area contributed by atoms with Crippen LogP contribution in [0.25, 0.3) is 0 Å². The molecule has 0 N–H and O–H groups in total. The van der Waals surface area contributed by atoms with Gasteiger partial charge >= 0.3 is 0 Å². The van der Waals surface area contributed by atoms with Crippen LogP contribution in [-0.2, 0) is 14.8 Å². The molecule has 4 rings (SSSR count). The Balaban J connectivity index is 1.51. The highest BCUT2D eigenvalue weighted by Gasteiger charge is 2.36. The summed E-state index contributed by atoms with van der Waals surface area (Å²) in [7, 11) is -3.55. The molecule has 1 amide bonds. The van der Waals surface area contributed by atoms with Gasteiger partial charge in [0.05, 0.1) is 16.6 Å². The number of rotatable bonds is 4. The van der Waals surface area contributed by atoms with E-state index in [0.29, 0.717) is 36.1 Å². The topological polar surface area (TPSA) is 70.1 Å². The zero-order valence-corrected chi connectivity index (χ0v) is 19.5. The summed E-state index contributed by atoms with van der Waals surface area (Å²) in [5, 5.41) is 1.30. The number of carbonyl (C=O) groups excluding carboxylic acids is 1. The SMILES string of the molecule is C[C@H]1CSC(N(C(=O)C2CCN(S(=O)(=O)c3ccccc3)CC2)c2ccc(Cl)cc2)=N1. The maximum Gasteiger partial charge on any atom is 0.243 e. The van der Waals surface area contributed by atoms with E-state index in [4.69, 9.17) is 11.6 Å². The molecule has 6 nitrogen and oxygen atoms in total. The normalized spacial score (nSPS) is 20.5. The highest BCUT2D eigenvalue weighted by atomic mass is 35.5. The van der Waals surface area contributed by atoms with Crippen molar-refractivity contribution in [1.82, 2.24) is 4.31 Å². The van der Waals surface area contributed by atoms with Crippen molar-refractivity contribution < 1.29 is 13.2 Å². The summed E-state index contributed by atoms with van der Waals surface area (Å²) in [6.07, 6.45) is 0.949. The van der Waals surface area contributed by atoms with Crippen LogP contribution in [0.5, 0.6) is 0 Å². The monoisotopic (exact) mass is 477 g/mol. The number of hydrogen-bond donors (Lipinski definition) is 0. The molecule has 0 saturated carbocycles. The Bertz CT molecular complexity index is 1070. The molecule has 0 radical (unpaired) electrons. The lowest BCUT2D eigenvalue weighted by atomic mass is 9.96. The molecule has 0 aromatic heterocycles. The second-order valence-electron chi connectivity index (χ2n) is 7.71. The fourth-order valence-corrected chi connectivity index (χ4v) is 6.43. The predicted octanol–water partition coefficient (Wildman–Crippen LogP) is 4.27. The van der Waals surface area contributed by atoms with E-state index < -0.39 is 10.0 Å². The Morgan fingerprint density at radius 1 is 1.10 bits per heavy atom. The summed E-state index contributed by atoms with van der Waals surface area (Å²) >= 11 is 7.60. The Labute approximate surface area is 192 Å². The second kappa shape index (κ2) is 9.32. The van der Waals surface area contributed by atoms with E-state index in [1.165, 1.54) is 4.31 Å². The second-order valence-corrected chi connectivity index (χ2v) is 11.1. The number of amidine groups is 1. The largest absolute Gasteiger partial charge is 0.274 e. The first kappa shape index (κ1) is 22.3. The minimum atomic E-state index is -3.55. The molecule has 1 fully saturated rings. The van der Waals surface area contributed by atoms with Crippen LogP contribution in [-0.4, -0.2) is 48.7 Å². The molecule has 2 aromatic carbocycles. The minimum Gasteiger partial charge on any atom is -0.274 e.